The van der Waals surface area contributed by atoms with Gasteiger partial charge in [-0.15, -0.1) is 0 Å². The summed E-state index contributed by atoms with van der Waals surface area (Å²) < 4.78 is 12.8. The van der Waals surface area contributed by atoms with Gasteiger partial charge in [0.05, 0.1) is 0 Å². The summed E-state index contributed by atoms with van der Waals surface area (Å²) in [5.41, 5.74) is 10.6. The topological polar surface area (TPSA) is 65.0 Å². The lowest BCUT2D eigenvalue weighted by Crippen LogP contribution is -2.00. The van der Waals surface area contributed by atoms with Crippen molar-refractivity contribution in [3.8, 4) is 56.4 Å². The molecule has 3 heterocycles. The maximum absolute atomic E-state index is 6.58. The zero-order valence-electron chi connectivity index (χ0n) is 26.7. The molecule has 0 bridgehead atoms. The molecular weight excluding hydrogens is 615 g/mol. The van der Waals surface area contributed by atoms with Gasteiger partial charge >= 0.3 is 0 Å². The Morgan fingerprint density at radius 3 is 1.50 bits per heavy atom. The lowest BCUT2D eigenvalue weighted by molar-refractivity contribution is 0.668. The van der Waals surface area contributed by atoms with E-state index in [1.807, 2.05) is 84.9 Å². The van der Waals surface area contributed by atoms with Crippen molar-refractivity contribution in [2.45, 2.75) is 0 Å². The average molecular weight is 642 g/mol. The number of hydrogen-bond acceptors (Lipinski definition) is 5. The Hall–Kier alpha value is -6.85. The van der Waals surface area contributed by atoms with Crippen molar-refractivity contribution in [2.75, 3.05) is 0 Å². The zero-order chi connectivity index (χ0) is 33.0. The van der Waals surface area contributed by atoms with Gasteiger partial charge in [-0.05, 0) is 58.7 Å². The van der Waals surface area contributed by atoms with E-state index in [0.717, 1.165) is 82.8 Å². The largest absolute Gasteiger partial charge is 0.456 e. The maximum atomic E-state index is 6.58. The van der Waals surface area contributed by atoms with Gasteiger partial charge in [0.25, 0.3) is 0 Å². The molecular formula is C45H27N3O2. The lowest BCUT2D eigenvalue weighted by Gasteiger charge is -2.11. The molecule has 234 valence electrons. The highest BCUT2D eigenvalue weighted by atomic mass is 16.3. The Kier molecular flexibility index (Phi) is 6.42. The van der Waals surface area contributed by atoms with Crippen LogP contribution in [0, 0.1) is 0 Å². The molecule has 0 atom stereocenters. The van der Waals surface area contributed by atoms with E-state index in [-0.39, 0.29) is 0 Å². The molecule has 0 N–H and O–H groups in total. The molecule has 0 aliphatic rings. The van der Waals surface area contributed by atoms with Crippen LogP contribution < -0.4 is 0 Å². The molecule has 0 radical (unpaired) electrons. The first kappa shape index (κ1) is 28.2. The summed E-state index contributed by atoms with van der Waals surface area (Å²) in [6.07, 6.45) is 0. The van der Waals surface area contributed by atoms with Crippen molar-refractivity contribution >= 4 is 43.9 Å². The number of aromatic nitrogens is 3. The molecule has 10 rings (SSSR count). The summed E-state index contributed by atoms with van der Waals surface area (Å²) in [5.74, 6) is 1.85. The van der Waals surface area contributed by atoms with Crippen molar-refractivity contribution in [1.82, 2.24) is 15.0 Å². The maximum Gasteiger partial charge on any atom is 0.164 e. The van der Waals surface area contributed by atoms with Crippen LogP contribution in [-0.2, 0) is 0 Å². The highest BCUT2D eigenvalue weighted by Crippen LogP contribution is 2.42. The van der Waals surface area contributed by atoms with Crippen molar-refractivity contribution in [3.05, 3.63) is 164 Å². The van der Waals surface area contributed by atoms with Crippen LogP contribution in [-0.4, -0.2) is 15.0 Å². The summed E-state index contributed by atoms with van der Waals surface area (Å²) >= 11 is 0. The third-order valence-electron chi connectivity index (χ3n) is 9.36. The normalized spacial score (nSPS) is 11.6. The Morgan fingerprint density at radius 2 is 0.800 bits per heavy atom. The molecule has 0 fully saturated rings. The quantitative estimate of drug-likeness (QED) is 0.187. The van der Waals surface area contributed by atoms with Gasteiger partial charge in [0.1, 0.15) is 22.3 Å². The van der Waals surface area contributed by atoms with Gasteiger partial charge in [-0.25, -0.2) is 15.0 Å². The molecule has 10 aromatic rings. The van der Waals surface area contributed by atoms with Crippen LogP contribution >= 0.6 is 0 Å². The molecule has 5 nitrogen and oxygen atoms in total. The molecule has 0 amide bonds. The molecule has 0 saturated carbocycles. The van der Waals surface area contributed by atoms with E-state index in [1.54, 1.807) is 0 Å². The summed E-state index contributed by atoms with van der Waals surface area (Å²) in [4.78, 5) is 14.7. The summed E-state index contributed by atoms with van der Waals surface area (Å²) in [7, 11) is 0. The van der Waals surface area contributed by atoms with Gasteiger partial charge in [0.2, 0.25) is 0 Å². The molecule has 7 aromatic carbocycles. The van der Waals surface area contributed by atoms with Gasteiger partial charge in [-0.2, -0.15) is 0 Å². The van der Waals surface area contributed by atoms with Gasteiger partial charge < -0.3 is 8.83 Å². The van der Waals surface area contributed by atoms with Gasteiger partial charge in [-0.3, -0.25) is 0 Å². The van der Waals surface area contributed by atoms with E-state index in [4.69, 9.17) is 23.8 Å². The fraction of sp³-hybridized carbons (Fsp3) is 0. The second-order valence-electron chi connectivity index (χ2n) is 12.4. The number of rotatable bonds is 5. The molecule has 3 aromatic heterocycles. The van der Waals surface area contributed by atoms with Crippen molar-refractivity contribution in [2.24, 2.45) is 0 Å². The lowest BCUT2D eigenvalue weighted by atomic mass is 9.91. The molecule has 50 heavy (non-hydrogen) atoms. The number of furan rings is 2. The van der Waals surface area contributed by atoms with Crippen molar-refractivity contribution < 1.29 is 8.83 Å². The fourth-order valence-corrected chi connectivity index (χ4v) is 6.99. The fourth-order valence-electron chi connectivity index (χ4n) is 6.99. The van der Waals surface area contributed by atoms with E-state index < -0.39 is 0 Å². The zero-order valence-corrected chi connectivity index (χ0v) is 26.7. The number of nitrogens with zero attached hydrogens (tertiary/aromatic N) is 3. The monoisotopic (exact) mass is 641 g/mol. The van der Waals surface area contributed by atoms with Crippen LogP contribution in [0.15, 0.2) is 173 Å². The summed E-state index contributed by atoms with van der Waals surface area (Å²) in [6, 6.07) is 55.8. The van der Waals surface area contributed by atoms with E-state index in [1.165, 1.54) is 0 Å². The molecule has 0 spiro atoms. The van der Waals surface area contributed by atoms with Crippen LogP contribution in [0.5, 0.6) is 0 Å². The molecule has 0 aliphatic heterocycles. The number of hydrogen-bond donors (Lipinski definition) is 0. The van der Waals surface area contributed by atoms with Crippen LogP contribution in [0.3, 0.4) is 0 Å². The first-order valence-corrected chi connectivity index (χ1v) is 16.6. The van der Waals surface area contributed by atoms with Crippen molar-refractivity contribution in [1.29, 1.82) is 0 Å². The predicted molar refractivity (Wildman–Crippen MR) is 202 cm³/mol. The highest BCUT2D eigenvalue weighted by molar-refractivity contribution is 6.14. The Balaban J connectivity index is 1.09. The second-order valence-corrected chi connectivity index (χ2v) is 12.4. The van der Waals surface area contributed by atoms with Crippen molar-refractivity contribution in [3.63, 3.8) is 0 Å². The Labute approximate surface area is 287 Å². The third kappa shape index (κ3) is 4.67. The SMILES string of the molecule is c1ccc(-c2nc(-c3ccccc3)nc(-c3ccc4c(c3)oc3cc(-c5ccccc5-c5cccc6oc7ccccc7c56)ccc34)n2)cc1. The van der Waals surface area contributed by atoms with Gasteiger partial charge in [0, 0.05) is 38.2 Å². The first-order chi connectivity index (χ1) is 24.8. The smallest absolute Gasteiger partial charge is 0.164 e. The van der Waals surface area contributed by atoms with Crippen LogP contribution in [0.1, 0.15) is 0 Å². The Bertz CT molecular complexity index is 2810. The minimum absolute atomic E-state index is 0.593. The third-order valence-corrected chi connectivity index (χ3v) is 9.36. The second kappa shape index (κ2) is 11.4. The molecule has 0 aliphatic carbocycles. The van der Waals surface area contributed by atoms with Crippen LogP contribution in [0.2, 0.25) is 0 Å². The average Bonchev–Trinajstić information content (AvgIpc) is 3.76. The minimum Gasteiger partial charge on any atom is -0.456 e. The number of fused-ring (bicyclic) bond motifs is 6. The van der Waals surface area contributed by atoms with Gasteiger partial charge in [-0.1, -0.05) is 127 Å². The van der Waals surface area contributed by atoms with Gasteiger partial charge in [0.15, 0.2) is 17.5 Å². The van der Waals surface area contributed by atoms with E-state index in [9.17, 15) is 0 Å². The summed E-state index contributed by atoms with van der Waals surface area (Å²) in [5, 5.41) is 4.33. The predicted octanol–water partition coefficient (Wildman–Crippen LogP) is 12.0. The van der Waals surface area contributed by atoms with E-state index >= 15 is 0 Å². The first-order valence-electron chi connectivity index (χ1n) is 16.6. The highest BCUT2D eigenvalue weighted by Gasteiger charge is 2.18. The van der Waals surface area contributed by atoms with E-state index in [0.29, 0.717) is 17.5 Å². The number of para-hydroxylation sites is 1. The van der Waals surface area contributed by atoms with Crippen LogP contribution in [0.25, 0.3) is 100 Å². The minimum atomic E-state index is 0.593. The molecule has 5 heteroatoms. The standard InChI is InChI=1S/C45H27N3O2/c1-3-12-28(13-4-1)43-46-44(29-14-5-2-6-15-29)48-45(47-43)31-23-25-35-34-24-22-30(26-40(34)50-41(35)27-31)32-16-7-8-17-33(32)36-19-11-21-39-42(36)37-18-9-10-20-38(37)49-39/h1-27H. The number of benzene rings is 7. The molecule has 0 unspecified atom stereocenters. The summed E-state index contributed by atoms with van der Waals surface area (Å²) in [6.45, 7) is 0. The molecule has 0 saturated heterocycles. The van der Waals surface area contributed by atoms with E-state index in [2.05, 4.69) is 78.9 Å². The Morgan fingerprint density at radius 1 is 0.300 bits per heavy atom. The van der Waals surface area contributed by atoms with Crippen LogP contribution in [0.4, 0.5) is 0 Å².